The summed E-state index contributed by atoms with van der Waals surface area (Å²) < 4.78 is 11.3. The van der Waals surface area contributed by atoms with Gasteiger partial charge in [-0.25, -0.2) is 4.79 Å². The summed E-state index contributed by atoms with van der Waals surface area (Å²) in [7, 11) is 5.15. The molecule has 0 bridgehead atoms. The van der Waals surface area contributed by atoms with Crippen molar-refractivity contribution in [2.45, 2.75) is 6.92 Å². The maximum Gasteiger partial charge on any atom is 0.337 e. The minimum Gasteiger partial charge on any atom is -0.465 e. The van der Waals surface area contributed by atoms with E-state index in [2.05, 4.69) is 20.9 Å². The van der Waals surface area contributed by atoms with Crippen molar-refractivity contribution >= 4 is 39.7 Å². The first-order valence-corrected chi connectivity index (χ1v) is 7.41. The number of carbonyl (C=O) groups excluding carboxylic acids is 1. The SMILES string of the molecule is COC(=O)c1ccc(C)c(N=Cc2cc(Br)c(N(C)C)o2)c1. The Hall–Kier alpha value is -2.08. The second-order valence-electron chi connectivity index (χ2n) is 4.95. The third kappa shape index (κ3) is 3.57. The Morgan fingerprint density at radius 2 is 2.09 bits per heavy atom. The van der Waals surface area contributed by atoms with Crippen molar-refractivity contribution in [2.75, 3.05) is 26.1 Å². The molecule has 1 aromatic heterocycles. The summed E-state index contributed by atoms with van der Waals surface area (Å²) >= 11 is 3.44. The lowest BCUT2D eigenvalue weighted by atomic mass is 10.1. The number of aryl methyl sites for hydroxylation is 1. The van der Waals surface area contributed by atoms with E-state index >= 15 is 0 Å². The highest BCUT2D eigenvalue weighted by Gasteiger charge is 2.10. The van der Waals surface area contributed by atoms with E-state index in [-0.39, 0.29) is 5.97 Å². The molecule has 0 saturated carbocycles. The van der Waals surface area contributed by atoms with Gasteiger partial charge in [0.15, 0.2) is 0 Å². The molecule has 22 heavy (non-hydrogen) atoms. The van der Waals surface area contributed by atoms with Crippen LogP contribution in [0, 0.1) is 6.92 Å². The van der Waals surface area contributed by atoms with Gasteiger partial charge >= 0.3 is 5.97 Å². The van der Waals surface area contributed by atoms with Crippen LogP contribution in [0.25, 0.3) is 0 Å². The zero-order valence-electron chi connectivity index (χ0n) is 12.9. The fourth-order valence-electron chi connectivity index (χ4n) is 1.87. The van der Waals surface area contributed by atoms with E-state index in [1.807, 2.05) is 38.1 Å². The number of carbonyl (C=O) groups is 1. The summed E-state index contributed by atoms with van der Waals surface area (Å²) in [6.07, 6.45) is 1.63. The van der Waals surface area contributed by atoms with E-state index in [4.69, 9.17) is 9.15 Å². The molecule has 0 spiro atoms. The number of ether oxygens (including phenoxy) is 1. The minimum absolute atomic E-state index is 0.382. The number of halogens is 1. The lowest BCUT2D eigenvalue weighted by Crippen LogP contribution is -2.07. The molecular weight excluding hydrogens is 348 g/mol. The van der Waals surface area contributed by atoms with E-state index in [0.29, 0.717) is 17.0 Å². The van der Waals surface area contributed by atoms with E-state index in [1.165, 1.54) is 7.11 Å². The number of nitrogens with zero attached hydrogens (tertiary/aromatic N) is 2. The molecule has 2 aromatic rings. The van der Waals surface area contributed by atoms with Crippen LogP contribution < -0.4 is 4.90 Å². The fraction of sp³-hybridized carbons (Fsp3) is 0.250. The topological polar surface area (TPSA) is 55.0 Å². The number of hydrogen-bond acceptors (Lipinski definition) is 5. The number of aliphatic imine (C=N–C) groups is 1. The van der Waals surface area contributed by atoms with Crippen molar-refractivity contribution in [1.82, 2.24) is 0 Å². The van der Waals surface area contributed by atoms with Crippen molar-refractivity contribution < 1.29 is 13.9 Å². The van der Waals surface area contributed by atoms with Gasteiger partial charge in [-0.3, -0.25) is 4.99 Å². The first-order chi connectivity index (χ1) is 10.4. The summed E-state index contributed by atoms with van der Waals surface area (Å²) in [6, 6.07) is 7.09. The maximum atomic E-state index is 11.6. The normalized spacial score (nSPS) is 11.0. The molecule has 0 aliphatic rings. The molecule has 1 heterocycles. The van der Waals surface area contributed by atoms with Crippen LogP contribution in [0.4, 0.5) is 11.6 Å². The standard InChI is InChI=1S/C16H17BrN2O3/c1-10-5-6-11(16(20)21-4)7-14(10)18-9-12-8-13(17)15(22-12)19(2)3/h5-9H,1-4H3. The lowest BCUT2D eigenvalue weighted by molar-refractivity contribution is 0.0601. The van der Waals surface area contributed by atoms with Gasteiger partial charge in [0.1, 0.15) is 5.76 Å². The van der Waals surface area contributed by atoms with Crippen LogP contribution in [0.3, 0.4) is 0 Å². The van der Waals surface area contributed by atoms with Gasteiger partial charge in [0.25, 0.3) is 0 Å². The number of benzene rings is 1. The van der Waals surface area contributed by atoms with Crippen molar-refractivity contribution in [1.29, 1.82) is 0 Å². The molecule has 0 aliphatic carbocycles. The van der Waals surface area contributed by atoms with Gasteiger partial charge in [-0.1, -0.05) is 6.07 Å². The average Bonchev–Trinajstić information content (AvgIpc) is 2.87. The zero-order valence-corrected chi connectivity index (χ0v) is 14.5. The Kier molecular flexibility index (Phi) is 5.03. The van der Waals surface area contributed by atoms with E-state index in [1.54, 1.807) is 18.3 Å². The Labute approximate surface area is 137 Å². The van der Waals surface area contributed by atoms with Gasteiger partial charge in [-0.2, -0.15) is 0 Å². The predicted molar refractivity (Wildman–Crippen MR) is 90.5 cm³/mol. The molecule has 0 N–H and O–H groups in total. The van der Waals surface area contributed by atoms with Crippen LogP contribution >= 0.6 is 15.9 Å². The Morgan fingerprint density at radius 1 is 1.36 bits per heavy atom. The predicted octanol–water partition coefficient (Wildman–Crippen LogP) is 3.95. The second kappa shape index (κ2) is 6.79. The van der Waals surface area contributed by atoms with Crippen molar-refractivity contribution in [3.8, 4) is 0 Å². The van der Waals surface area contributed by atoms with Gasteiger partial charge in [-0.15, -0.1) is 0 Å². The summed E-state index contributed by atoms with van der Waals surface area (Å²) in [5.41, 5.74) is 2.12. The Morgan fingerprint density at radius 3 is 2.68 bits per heavy atom. The van der Waals surface area contributed by atoms with Gasteiger partial charge in [0.05, 0.1) is 29.0 Å². The van der Waals surface area contributed by atoms with E-state index < -0.39 is 0 Å². The molecule has 6 heteroatoms. The fourth-order valence-corrected chi connectivity index (χ4v) is 2.53. The van der Waals surface area contributed by atoms with E-state index in [0.717, 1.165) is 15.9 Å². The minimum atomic E-state index is -0.382. The third-order valence-electron chi connectivity index (χ3n) is 3.06. The first-order valence-electron chi connectivity index (χ1n) is 6.62. The van der Waals surface area contributed by atoms with Gasteiger partial charge in [-0.05, 0) is 40.5 Å². The van der Waals surface area contributed by atoms with Gasteiger partial charge in [0.2, 0.25) is 5.88 Å². The third-order valence-corrected chi connectivity index (χ3v) is 3.62. The van der Waals surface area contributed by atoms with Crippen LogP contribution in [0.15, 0.2) is 38.1 Å². The molecule has 5 nitrogen and oxygen atoms in total. The molecule has 2 rings (SSSR count). The zero-order chi connectivity index (χ0) is 16.3. The number of hydrogen-bond donors (Lipinski definition) is 0. The van der Waals surface area contributed by atoms with Crippen LogP contribution in [0.5, 0.6) is 0 Å². The highest BCUT2D eigenvalue weighted by atomic mass is 79.9. The number of anilines is 1. The van der Waals surface area contributed by atoms with Crippen LogP contribution in [-0.2, 0) is 4.74 Å². The summed E-state index contributed by atoms with van der Waals surface area (Å²) in [6.45, 7) is 1.93. The molecule has 0 unspecified atom stereocenters. The molecule has 0 radical (unpaired) electrons. The van der Waals surface area contributed by atoms with Gasteiger partial charge in [0, 0.05) is 20.2 Å². The molecule has 116 valence electrons. The van der Waals surface area contributed by atoms with E-state index in [9.17, 15) is 4.79 Å². The summed E-state index contributed by atoms with van der Waals surface area (Å²) in [5.74, 6) is 0.965. The molecular formula is C16H17BrN2O3. The first kappa shape index (κ1) is 16.3. The summed E-state index contributed by atoms with van der Waals surface area (Å²) in [5, 5.41) is 0. The quantitative estimate of drug-likeness (QED) is 0.608. The Balaban J connectivity index is 2.30. The largest absolute Gasteiger partial charge is 0.465 e. The molecule has 0 fully saturated rings. The molecule has 0 amide bonds. The van der Waals surface area contributed by atoms with Gasteiger partial charge < -0.3 is 14.1 Å². The van der Waals surface area contributed by atoms with Crippen molar-refractivity contribution in [2.24, 2.45) is 4.99 Å². The highest BCUT2D eigenvalue weighted by Crippen LogP contribution is 2.28. The van der Waals surface area contributed by atoms with Crippen LogP contribution in [0.2, 0.25) is 0 Å². The molecule has 0 atom stereocenters. The van der Waals surface area contributed by atoms with Crippen molar-refractivity contribution in [3.63, 3.8) is 0 Å². The average molecular weight is 365 g/mol. The van der Waals surface area contributed by atoms with Crippen molar-refractivity contribution in [3.05, 3.63) is 45.6 Å². The number of furan rings is 1. The Bertz CT molecular complexity index is 720. The highest BCUT2D eigenvalue weighted by molar-refractivity contribution is 9.10. The molecule has 0 saturated heterocycles. The maximum absolute atomic E-state index is 11.6. The summed E-state index contributed by atoms with van der Waals surface area (Å²) in [4.78, 5) is 17.8. The van der Waals surface area contributed by atoms with Crippen LogP contribution in [-0.4, -0.2) is 33.4 Å². The number of methoxy groups -OCH3 is 1. The number of rotatable bonds is 4. The molecule has 1 aromatic carbocycles. The molecule has 0 aliphatic heterocycles. The van der Waals surface area contributed by atoms with Crippen LogP contribution in [0.1, 0.15) is 21.7 Å². The smallest absolute Gasteiger partial charge is 0.337 e. The second-order valence-corrected chi connectivity index (χ2v) is 5.80. The monoisotopic (exact) mass is 364 g/mol. The lowest BCUT2D eigenvalue weighted by Gasteiger charge is -2.07. The number of esters is 1.